The van der Waals surface area contributed by atoms with Crippen LogP contribution < -0.4 is 5.32 Å². The van der Waals surface area contributed by atoms with Crippen LogP contribution in [-0.4, -0.2) is 23.4 Å². The number of benzene rings is 2. The number of hydrogen-bond donors (Lipinski definition) is 1. The van der Waals surface area contributed by atoms with E-state index in [9.17, 15) is 4.79 Å². The number of carbonyl (C=O) groups is 1. The van der Waals surface area contributed by atoms with Crippen LogP contribution in [0.1, 0.15) is 28.8 Å². The van der Waals surface area contributed by atoms with Gasteiger partial charge in [0.1, 0.15) is 0 Å². The summed E-state index contributed by atoms with van der Waals surface area (Å²) in [5, 5.41) is 4.55. The smallest absolute Gasteiger partial charge is 0.169 e. The van der Waals surface area contributed by atoms with E-state index in [1.807, 2.05) is 25.4 Å². The van der Waals surface area contributed by atoms with Crippen LogP contribution >= 0.6 is 0 Å². The number of Topliss-reactive ketones (excluding diaryl/α,β-unsaturated/α-hetero) is 1. The molecule has 0 unspecified atom stereocenters. The number of ketones is 1. The summed E-state index contributed by atoms with van der Waals surface area (Å²) in [7, 11) is 2.04. The Morgan fingerprint density at radius 1 is 1.08 bits per heavy atom. The van der Waals surface area contributed by atoms with Crippen molar-refractivity contribution in [2.45, 2.75) is 19.3 Å². The Balaban J connectivity index is 1.71. The molecule has 4 rings (SSSR count). The van der Waals surface area contributed by atoms with Crippen LogP contribution in [0.4, 0.5) is 0 Å². The summed E-state index contributed by atoms with van der Waals surface area (Å²) >= 11 is 0. The first kappa shape index (κ1) is 16.1. The lowest BCUT2D eigenvalue weighted by Crippen LogP contribution is -2.43. The summed E-state index contributed by atoms with van der Waals surface area (Å²) in [6.45, 7) is 1.82. The molecule has 3 heteroatoms. The van der Waals surface area contributed by atoms with Gasteiger partial charge in [-0.05, 0) is 62.2 Å². The molecule has 0 saturated carbocycles. The summed E-state index contributed by atoms with van der Waals surface area (Å²) in [5.41, 5.74) is 2.96. The SMILES string of the molecule is Cn1ccc2cc(C(=O)C3(Cc4ccccc4)CCNCC3)ccc21. The lowest BCUT2D eigenvalue weighted by molar-refractivity contribution is 0.0726. The Labute approximate surface area is 148 Å². The normalized spacial score (nSPS) is 16.8. The molecule has 2 aromatic carbocycles. The Morgan fingerprint density at radius 3 is 2.60 bits per heavy atom. The third-order valence-corrected chi connectivity index (χ3v) is 5.58. The van der Waals surface area contributed by atoms with E-state index in [2.05, 4.69) is 52.3 Å². The van der Waals surface area contributed by atoms with Crippen LogP contribution in [0.25, 0.3) is 10.9 Å². The number of carbonyl (C=O) groups excluding carboxylic acids is 1. The highest BCUT2D eigenvalue weighted by Crippen LogP contribution is 2.37. The molecule has 0 bridgehead atoms. The predicted octanol–water partition coefficient (Wildman–Crippen LogP) is 3.97. The molecule has 0 atom stereocenters. The van der Waals surface area contributed by atoms with Gasteiger partial charge < -0.3 is 9.88 Å². The molecule has 1 N–H and O–H groups in total. The molecule has 2 heterocycles. The number of rotatable bonds is 4. The van der Waals surface area contributed by atoms with E-state index >= 15 is 0 Å². The van der Waals surface area contributed by atoms with Crippen LogP contribution in [0.3, 0.4) is 0 Å². The Hall–Kier alpha value is -2.39. The first-order valence-corrected chi connectivity index (χ1v) is 9.03. The standard InChI is InChI=1S/C22H24N2O/c1-24-14-9-18-15-19(7-8-20(18)24)21(25)22(10-12-23-13-11-22)16-17-5-3-2-4-6-17/h2-9,14-15,23H,10-13,16H2,1H3. The minimum atomic E-state index is -0.297. The minimum Gasteiger partial charge on any atom is -0.351 e. The lowest BCUT2D eigenvalue weighted by atomic mass is 9.69. The zero-order valence-corrected chi connectivity index (χ0v) is 14.7. The van der Waals surface area contributed by atoms with Gasteiger partial charge in [-0.3, -0.25) is 4.79 Å². The molecule has 1 aliphatic heterocycles. The van der Waals surface area contributed by atoms with E-state index < -0.39 is 0 Å². The zero-order valence-electron chi connectivity index (χ0n) is 14.7. The first-order chi connectivity index (χ1) is 12.2. The second-order valence-corrected chi connectivity index (χ2v) is 7.22. The van der Waals surface area contributed by atoms with E-state index in [-0.39, 0.29) is 5.41 Å². The van der Waals surface area contributed by atoms with Crippen LogP contribution in [0.5, 0.6) is 0 Å². The number of piperidine rings is 1. The van der Waals surface area contributed by atoms with Gasteiger partial charge in [0, 0.05) is 35.1 Å². The van der Waals surface area contributed by atoms with Crippen molar-refractivity contribution < 1.29 is 4.79 Å². The number of aromatic nitrogens is 1. The first-order valence-electron chi connectivity index (χ1n) is 9.03. The highest BCUT2D eigenvalue weighted by molar-refractivity contribution is 6.03. The molecular weight excluding hydrogens is 308 g/mol. The maximum atomic E-state index is 13.5. The second-order valence-electron chi connectivity index (χ2n) is 7.22. The fraction of sp³-hybridized carbons (Fsp3) is 0.318. The molecule has 0 radical (unpaired) electrons. The number of nitrogens with one attached hydrogen (secondary N) is 1. The molecular formula is C22H24N2O. The van der Waals surface area contributed by atoms with Crippen molar-refractivity contribution in [2.24, 2.45) is 12.5 Å². The van der Waals surface area contributed by atoms with E-state index in [4.69, 9.17) is 0 Å². The minimum absolute atomic E-state index is 0.295. The van der Waals surface area contributed by atoms with Gasteiger partial charge in [0.25, 0.3) is 0 Å². The third kappa shape index (κ3) is 3.00. The van der Waals surface area contributed by atoms with Crippen LogP contribution in [0.15, 0.2) is 60.8 Å². The maximum absolute atomic E-state index is 13.5. The van der Waals surface area contributed by atoms with Crippen molar-refractivity contribution in [3.05, 3.63) is 71.9 Å². The van der Waals surface area contributed by atoms with Crippen LogP contribution in [-0.2, 0) is 13.5 Å². The summed E-state index contributed by atoms with van der Waals surface area (Å²) in [6.07, 6.45) is 4.66. The summed E-state index contributed by atoms with van der Waals surface area (Å²) in [4.78, 5) is 13.5. The zero-order chi connectivity index (χ0) is 17.3. The van der Waals surface area contributed by atoms with Gasteiger partial charge in [-0.1, -0.05) is 30.3 Å². The van der Waals surface area contributed by atoms with Gasteiger partial charge in [0.2, 0.25) is 0 Å². The fourth-order valence-electron chi connectivity index (χ4n) is 4.11. The average Bonchev–Trinajstić information content (AvgIpc) is 3.03. The van der Waals surface area contributed by atoms with Crippen LogP contribution in [0.2, 0.25) is 0 Å². The van der Waals surface area contributed by atoms with Gasteiger partial charge in [-0.25, -0.2) is 0 Å². The monoisotopic (exact) mass is 332 g/mol. The average molecular weight is 332 g/mol. The van der Waals surface area contributed by atoms with Gasteiger partial charge in [-0.15, -0.1) is 0 Å². The molecule has 25 heavy (non-hydrogen) atoms. The number of fused-ring (bicyclic) bond motifs is 1. The summed E-state index contributed by atoms with van der Waals surface area (Å²) < 4.78 is 2.09. The predicted molar refractivity (Wildman–Crippen MR) is 102 cm³/mol. The largest absolute Gasteiger partial charge is 0.351 e. The molecule has 0 spiro atoms. The van der Waals surface area contributed by atoms with Gasteiger partial charge in [-0.2, -0.15) is 0 Å². The molecule has 1 aliphatic rings. The van der Waals surface area contributed by atoms with Crippen molar-refractivity contribution in [1.29, 1.82) is 0 Å². The summed E-state index contributed by atoms with van der Waals surface area (Å²) in [5.74, 6) is 0.295. The van der Waals surface area contributed by atoms with E-state index in [0.717, 1.165) is 43.3 Å². The molecule has 128 valence electrons. The van der Waals surface area contributed by atoms with Crippen molar-refractivity contribution in [2.75, 3.05) is 13.1 Å². The molecule has 0 aliphatic carbocycles. The van der Waals surface area contributed by atoms with Gasteiger partial charge in [0.15, 0.2) is 5.78 Å². The topological polar surface area (TPSA) is 34.0 Å². The molecule has 1 saturated heterocycles. The number of hydrogen-bond acceptors (Lipinski definition) is 2. The highest BCUT2D eigenvalue weighted by atomic mass is 16.1. The fourth-order valence-corrected chi connectivity index (χ4v) is 4.11. The van der Waals surface area contributed by atoms with E-state index in [1.165, 1.54) is 11.1 Å². The van der Waals surface area contributed by atoms with Crippen molar-refractivity contribution in [3.8, 4) is 0 Å². The molecule has 1 fully saturated rings. The Kier molecular flexibility index (Phi) is 4.18. The number of nitrogens with zero attached hydrogens (tertiary/aromatic N) is 1. The highest BCUT2D eigenvalue weighted by Gasteiger charge is 2.39. The summed E-state index contributed by atoms with van der Waals surface area (Å²) in [6, 6.07) is 18.6. The van der Waals surface area contributed by atoms with Gasteiger partial charge >= 0.3 is 0 Å². The van der Waals surface area contributed by atoms with Crippen LogP contribution in [0, 0.1) is 5.41 Å². The van der Waals surface area contributed by atoms with Gasteiger partial charge in [0.05, 0.1) is 0 Å². The quantitative estimate of drug-likeness (QED) is 0.734. The van der Waals surface area contributed by atoms with Crippen molar-refractivity contribution in [1.82, 2.24) is 9.88 Å². The van der Waals surface area contributed by atoms with E-state index in [1.54, 1.807) is 0 Å². The lowest BCUT2D eigenvalue weighted by Gasteiger charge is -2.36. The van der Waals surface area contributed by atoms with Crippen molar-refractivity contribution in [3.63, 3.8) is 0 Å². The molecule has 3 aromatic rings. The Morgan fingerprint density at radius 2 is 1.84 bits per heavy atom. The Bertz CT molecular complexity index is 889. The molecule has 0 amide bonds. The second kappa shape index (κ2) is 6.49. The third-order valence-electron chi connectivity index (χ3n) is 5.58. The number of aryl methyl sites for hydroxylation is 1. The molecule has 1 aromatic heterocycles. The molecule has 3 nitrogen and oxygen atoms in total. The van der Waals surface area contributed by atoms with Crippen molar-refractivity contribution >= 4 is 16.7 Å². The maximum Gasteiger partial charge on any atom is 0.169 e. The van der Waals surface area contributed by atoms with E-state index in [0.29, 0.717) is 5.78 Å².